The molecule has 0 unspecified atom stereocenters. The summed E-state index contributed by atoms with van der Waals surface area (Å²) in [6.45, 7) is 1.91. The third-order valence-electron chi connectivity index (χ3n) is 3.65. The van der Waals surface area contributed by atoms with Crippen molar-refractivity contribution in [3.8, 4) is 5.75 Å². The van der Waals surface area contributed by atoms with E-state index in [-0.39, 0.29) is 4.90 Å². The van der Waals surface area contributed by atoms with Gasteiger partial charge in [0.05, 0.1) is 17.1 Å². The van der Waals surface area contributed by atoms with Crippen LogP contribution in [0.1, 0.15) is 17.3 Å². The Hall–Kier alpha value is -2.91. The van der Waals surface area contributed by atoms with Crippen LogP contribution in [0, 0.1) is 0 Å². The van der Waals surface area contributed by atoms with E-state index in [1.165, 1.54) is 38.4 Å². The molecule has 0 fully saturated rings. The molecule has 0 heterocycles. The molecule has 2 aromatic carbocycles. The fourth-order valence-corrected chi connectivity index (χ4v) is 3.09. The number of rotatable bonds is 8. The fourth-order valence-electron chi connectivity index (χ4n) is 2.19. The summed E-state index contributed by atoms with van der Waals surface area (Å²) in [5.74, 6) is -0.537. The standard InChI is InChI=1S/C19H22N2O6S/c1-4-26-16-9-5-14(6-10-16)19(23)27-13-18(22)20-15-7-11-17(12-8-15)28(24,25)21(2)3/h5-12H,4,13H2,1-3H3,(H,20,22). The van der Waals surface area contributed by atoms with Crippen molar-refractivity contribution >= 4 is 27.6 Å². The highest BCUT2D eigenvalue weighted by atomic mass is 32.2. The van der Waals surface area contributed by atoms with E-state index in [1.54, 1.807) is 24.3 Å². The average molecular weight is 406 g/mol. The third-order valence-corrected chi connectivity index (χ3v) is 5.48. The SMILES string of the molecule is CCOc1ccc(C(=O)OCC(=O)Nc2ccc(S(=O)(=O)N(C)C)cc2)cc1. The van der Waals surface area contributed by atoms with Crippen LogP contribution in [0.2, 0.25) is 0 Å². The number of esters is 1. The van der Waals surface area contributed by atoms with E-state index in [2.05, 4.69) is 5.32 Å². The van der Waals surface area contributed by atoms with E-state index in [0.29, 0.717) is 23.6 Å². The molecule has 0 radical (unpaired) electrons. The first-order chi connectivity index (χ1) is 13.2. The lowest BCUT2D eigenvalue weighted by Gasteiger charge is -2.12. The van der Waals surface area contributed by atoms with E-state index in [1.807, 2.05) is 6.92 Å². The number of amides is 1. The fraction of sp³-hybridized carbons (Fsp3) is 0.263. The number of hydrogen-bond acceptors (Lipinski definition) is 6. The molecule has 0 saturated heterocycles. The minimum atomic E-state index is -3.54. The minimum Gasteiger partial charge on any atom is -0.494 e. The summed E-state index contributed by atoms with van der Waals surface area (Å²) >= 11 is 0. The zero-order valence-electron chi connectivity index (χ0n) is 15.8. The first kappa shape index (κ1) is 21.4. The summed E-state index contributed by atoms with van der Waals surface area (Å²) in [6, 6.07) is 12.1. The van der Waals surface area contributed by atoms with Gasteiger partial charge in [0.2, 0.25) is 10.0 Å². The maximum absolute atomic E-state index is 12.0. The highest BCUT2D eigenvalue weighted by Gasteiger charge is 2.17. The van der Waals surface area contributed by atoms with Gasteiger partial charge in [-0.15, -0.1) is 0 Å². The lowest BCUT2D eigenvalue weighted by molar-refractivity contribution is -0.119. The highest BCUT2D eigenvalue weighted by molar-refractivity contribution is 7.89. The quantitative estimate of drug-likeness (QED) is 0.674. The molecule has 1 amide bonds. The van der Waals surface area contributed by atoms with Crippen LogP contribution < -0.4 is 10.1 Å². The Balaban J connectivity index is 1.89. The number of ether oxygens (including phenoxy) is 2. The monoisotopic (exact) mass is 406 g/mol. The Morgan fingerprint density at radius 2 is 1.61 bits per heavy atom. The van der Waals surface area contributed by atoms with Crippen LogP contribution in [0.25, 0.3) is 0 Å². The van der Waals surface area contributed by atoms with Gasteiger partial charge in [-0.1, -0.05) is 0 Å². The topological polar surface area (TPSA) is 102 Å². The Morgan fingerprint density at radius 1 is 1.00 bits per heavy atom. The van der Waals surface area contributed by atoms with Crippen molar-refractivity contribution in [2.24, 2.45) is 0 Å². The molecular formula is C19H22N2O6S. The molecule has 0 saturated carbocycles. The molecule has 2 aromatic rings. The van der Waals surface area contributed by atoms with Crippen molar-refractivity contribution < 1.29 is 27.5 Å². The van der Waals surface area contributed by atoms with Crippen LogP contribution in [-0.2, 0) is 19.6 Å². The van der Waals surface area contributed by atoms with Crippen LogP contribution in [-0.4, -0.2) is 51.9 Å². The van der Waals surface area contributed by atoms with Gasteiger partial charge in [-0.3, -0.25) is 4.79 Å². The zero-order chi connectivity index (χ0) is 20.7. The van der Waals surface area contributed by atoms with Crippen molar-refractivity contribution in [2.75, 3.05) is 32.6 Å². The molecule has 2 rings (SSSR count). The number of benzene rings is 2. The first-order valence-corrected chi connectivity index (χ1v) is 9.90. The predicted molar refractivity (Wildman–Crippen MR) is 104 cm³/mol. The number of carbonyl (C=O) groups excluding carboxylic acids is 2. The molecule has 0 spiro atoms. The maximum atomic E-state index is 12.0. The second kappa shape index (κ2) is 9.34. The van der Waals surface area contributed by atoms with E-state index < -0.39 is 28.5 Å². The van der Waals surface area contributed by atoms with Crippen molar-refractivity contribution in [2.45, 2.75) is 11.8 Å². The first-order valence-electron chi connectivity index (χ1n) is 8.46. The zero-order valence-corrected chi connectivity index (χ0v) is 16.7. The highest BCUT2D eigenvalue weighted by Crippen LogP contribution is 2.17. The summed E-state index contributed by atoms with van der Waals surface area (Å²) in [5.41, 5.74) is 0.689. The van der Waals surface area contributed by atoms with Gasteiger partial charge in [0, 0.05) is 19.8 Å². The number of nitrogens with zero attached hydrogens (tertiary/aromatic N) is 1. The van der Waals surface area contributed by atoms with E-state index in [4.69, 9.17) is 9.47 Å². The number of sulfonamides is 1. The van der Waals surface area contributed by atoms with Gasteiger partial charge in [0.15, 0.2) is 6.61 Å². The summed E-state index contributed by atoms with van der Waals surface area (Å²) < 4.78 is 35.4. The Labute approximate surface area is 164 Å². The summed E-state index contributed by atoms with van der Waals surface area (Å²) in [7, 11) is -0.670. The Kier molecular flexibility index (Phi) is 7.13. The van der Waals surface area contributed by atoms with Crippen LogP contribution in [0.3, 0.4) is 0 Å². The van der Waals surface area contributed by atoms with Crippen molar-refractivity contribution in [3.63, 3.8) is 0 Å². The van der Waals surface area contributed by atoms with Gasteiger partial charge in [-0.05, 0) is 55.5 Å². The molecule has 1 N–H and O–H groups in total. The number of hydrogen-bond donors (Lipinski definition) is 1. The molecule has 0 aliphatic rings. The molecule has 8 nitrogen and oxygen atoms in total. The third kappa shape index (κ3) is 5.54. The summed E-state index contributed by atoms with van der Waals surface area (Å²) in [5, 5.41) is 2.54. The van der Waals surface area contributed by atoms with Crippen LogP contribution in [0.15, 0.2) is 53.4 Å². The Morgan fingerprint density at radius 3 is 2.14 bits per heavy atom. The van der Waals surface area contributed by atoms with Crippen molar-refractivity contribution in [3.05, 3.63) is 54.1 Å². The van der Waals surface area contributed by atoms with Gasteiger partial charge in [0.25, 0.3) is 5.91 Å². The molecule has 0 aromatic heterocycles. The average Bonchev–Trinajstić information content (AvgIpc) is 2.67. The molecular weight excluding hydrogens is 384 g/mol. The lowest BCUT2D eigenvalue weighted by Crippen LogP contribution is -2.22. The van der Waals surface area contributed by atoms with E-state index in [0.717, 1.165) is 4.31 Å². The van der Waals surface area contributed by atoms with E-state index in [9.17, 15) is 18.0 Å². The molecule has 150 valence electrons. The second-order valence-corrected chi connectivity index (χ2v) is 8.05. The van der Waals surface area contributed by atoms with Crippen LogP contribution >= 0.6 is 0 Å². The number of anilines is 1. The molecule has 0 aliphatic carbocycles. The molecule has 0 atom stereocenters. The normalized spacial score (nSPS) is 11.1. The Bertz CT molecular complexity index is 922. The predicted octanol–water partition coefficient (Wildman–Crippen LogP) is 2.13. The lowest BCUT2D eigenvalue weighted by atomic mass is 10.2. The smallest absolute Gasteiger partial charge is 0.338 e. The van der Waals surface area contributed by atoms with Gasteiger partial charge in [0.1, 0.15) is 5.75 Å². The van der Waals surface area contributed by atoms with Crippen molar-refractivity contribution in [1.82, 2.24) is 4.31 Å². The molecule has 0 bridgehead atoms. The van der Waals surface area contributed by atoms with E-state index >= 15 is 0 Å². The van der Waals surface area contributed by atoms with Gasteiger partial charge in [-0.25, -0.2) is 17.5 Å². The summed E-state index contributed by atoms with van der Waals surface area (Å²) in [4.78, 5) is 24.0. The van der Waals surface area contributed by atoms with Crippen molar-refractivity contribution in [1.29, 1.82) is 0 Å². The number of carbonyl (C=O) groups is 2. The second-order valence-electron chi connectivity index (χ2n) is 5.89. The molecule has 9 heteroatoms. The molecule has 28 heavy (non-hydrogen) atoms. The van der Waals surface area contributed by atoms with Gasteiger partial charge in [-0.2, -0.15) is 0 Å². The van der Waals surface area contributed by atoms with Gasteiger partial charge < -0.3 is 14.8 Å². The summed E-state index contributed by atoms with van der Waals surface area (Å²) in [6.07, 6.45) is 0. The largest absolute Gasteiger partial charge is 0.494 e. The number of nitrogens with one attached hydrogen (secondary N) is 1. The van der Waals surface area contributed by atoms with Crippen LogP contribution in [0.5, 0.6) is 5.75 Å². The minimum absolute atomic E-state index is 0.109. The van der Waals surface area contributed by atoms with Crippen LogP contribution in [0.4, 0.5) is 5.69 Å². The molecule has 0 aliphatic heterocycles. The van der Waals surface area contributed by atoms with Gasteiger partial charge >= 0.3 is 5.97 Å². The maximum Gasteiger partial charge on any atom is 0.338 e.